The van der Waals surface area contributed by atoms with Gasteiger partial charge in [-0.15, -0.1) is 5.10 Å². The minimum atomic E-state index is -0.00768. The van der Waals surface area contributed by atoms with Crippen LogP contribution < -0.4 is 5.32 Å². The molecule has 0 unspecified atom stereocenters. The van der Waals surface area contributed by atoms with Crippen LogP contribution in [0.4, 0.5) is 0 Å². The summed E-state index contributed by atoms with van der Waals surface area (Å²) in [5.74, 6) is -0.00768. The van der Waals surface area contributed by atoms with Crippen LogP contribution in [-0.2, 0) is 0 Å². The van der Waals surface area contributed by atoms with Crippen molar-refractivity contribution in [3.05, 3.63) is 82.5 Å². The molecule has 1 N–H and O–H groups in total. The zero-order valence-electron chi connectivity index (χ0n) is 17.4. The number of hydrogen-bond acceptors (Lipinski definition) is 3. The lowest BCUT2D eigenvalue weighted by Crippen LogP contribution is -2.25. The Morgan fingerprint density at radius 2 is 1.84 bits per heavy atom. The van der Waals surface area contributed by atoms with E-state index < -0.39 is 0 Å². The zero-order chi connectivity index (χ0) is 21.5. The third kappa shape index (κ3) is 3.91. The lowest BCUT2D eigenvalue weighted by Gasteiger charge is -2.12. The summed E-state index contributed by atoms with van der Waals surface area (Å²) in [7, 11) is 0. The molecule has 0 saturated heterocycles. The number of carbonyl (C=O) groups excluding carboxylic acids is 1. The maximum absolute atomic E-state index is 12.5. The number of aromatic nitrogens is 2. The van der Waals surface area contributed by atoms with E-state index in [2.05, 4.69) is 40.6 Å². The van der Waals surface area contributed by atoms with Gasteiger partial charge in [0.1, 0.15) is 5.69 Å². The van der Waals surface area contributed by atoms with Gasteiger partial charge in [0.2, 0.25) is 0 Å². The van der Waals surface area contributed by atoms with Crippen LogP contribution in [0.2, 0.25) is 5.02 Å². The van der Waals surface area contributed by atoms with Gasteiger partial charge in [-0.05, 0) is 73.2 Å². The standard InChI is InChI=1S/C26H22ClN3O/c1-15-3-9-22(24(27)11-15)25-21-10-6-17(12-19(21)14-28-30-25)23-13-18(5-4-16(23)2)26(31)29-20-7-8-20/h3-6,9-14,20H,7-8H2,1-2H3,(H,29,31). The Kier molecular flexibility index (Phi) is 4.95. The number of aryl methyl sites for hydroxylation is 2. The van der Waals surface area contributed by atoms with Gasteiger partial charge in [-0.2, -0.15) is 5.10 Å². The molecule has 31 heavy (non-hydrogen) atoms. The summed E-state index contributed by atoms with van der Waals surface area (Å²) >= 11 is 6.49. The van der Waals surface area contributed by atoms with E-state index >= 15 is 0 Å². The van der Waals surface area contributed by atoms with Gasteiger partial charge in [-0.25, -0.2) is 0 Å². The van der Waals surface area contributed by atoms with Crippen molar-refractivity contribution in [1.82, 2.24) is 15.5 Å². The fraction of sp³-hybridized carbons (Fsp3) is 0.192. The Morgan fingerprint density at radius 3 is 2.61 bits per heavy atom. The first-order valence-electron chi connectivity index (χ1n) is 10.4. The summed E-state index contributed by atoms with van der Waals surface area (Å²) in [4.78, 5) is 12.5. The number of nitrogens with zero attached hydrogens (tertiary/aromatic N) is 2. The lowest BCUT2D eigenvalue weighted by molar-refractivity contribution is 0.0951. The Balaban J connectivity index is 1.57. The van der Waals surface area contributed by atoms with Crippen LogP contribution >= 0.6 is 11.6 Å². The van der Waals surface area contributed by atoms with Gasteiger partial charge in [0, 0.05) is 27.9 Å². The zero-order valence-corrected chi connectivity index (χ0v) is 18.2. The summed E-state index contributed by atoms with van der Waals surface area (Å²) in [5.41, 5.74) is 6.62. The maximum Gasteiger partial charge on any atom is 0.251 e. The Labute approximate surface area is 186 Å². The number of rotatable bonds is 4. The SMILES string of the molecule is Cc1ccc(-c2nncc3cc(-c4cc(C(=O)NC5CC5)ccc4C)ccc23)c(Cl)c1. The summed E-state index contributed by atoms with van der Waals surface area (Å²) in [6.07, 6.45) is 3.91. The van der Waals surface area contributed by atoms with Gasteiger partial charge in [0.25, 0.3) is 5.91 Å². The molecule has 4 aromatic rings. The molecule has 0 aliphatic heterocycles. The van der Waals surface area contributed by atoms with E-state index in [1.165, 1.54) is 0 Å². The average Bonchev–Trinajstić information content (AvgIpc) is 3.57. The molecule has 0 spiro atoms. The molecule has 1 fully saturated rings. The first-order valence-corrected chi connectivity index (χ1v) is 10.8. The van der Waals surface area contributed by atoms with Crippen molar-refractivity contribution >= 4 is 28.3 Å². The first kappa shape index (κ1) is 19.7. The van der Waals surface area contributed by atoms with Crippen molar-refractivity contribution in [3.8, 4) is 22.4 Å². The van der Waals surface area contributed by atoms with E-state index in [1.54, 1.807) is 6.20 Å². The molecule has 0 atom stereocenters. The lowest BCUT2D eigenvalue weighted by atomic mass is 9.95. The molecule has 1 amide bonds. The highest BCUT2D eigenvalue weighted by Crippen LogP contribution is 2.34. The van der Waals surface area contributed by atoms with Crippen molar-refractivity contribution < 1.29 is 4.79 Å². The molecule has 5 heteroatoms. The van der Waals surface area contributed by atoms with Gasteiger partial charge >= 0.3 is 0 Å². The van der Waals surface area contributed by atoms with Crippen molar-refractivity contribution in [3.63, 3.8) is 0 Å². The molecule has 154 valence electrons. The molecule has 1 saturated carbocycles. The van der Waals surface area contributed by atoms with E-state index in [1.807, 2.05) is 43.3 Å². The monoisotopic (exact) mass is 427 g/mol. The number of nitrogens with one attached hydrogen (secondary N) is 1. The van der Waals surface area contributed by atoms with Crippen molar-refractivity contribution in [2.24, 2.45) is 0 Å². The number of fused-ring (bicyclic) bond motifs is 1. The summed E-state index contributed by atoms with van der Waals surface area (Å²) in [6, 6.07) is 18.4. The van der Waals surface area contributed by atoms with Gasteiger partial charge < -0.3 is 5.32 Å². The minimum Gasteiger partial charge on any atom is -0.349 e. The number of hydrogen-bond donors (Lipinski definition) is 1. The van der Waals surface area contributed by atoms with Crippen molar-refractivity contribution in [1.29, 1.82) is 0 Å². The Bertz CT molecular complexity index is 1330. The number of amides is 1. The highest BCUT2D eigenvalue weighted by Gasteiger charge is 2.24. The van der Waals surface area contributed by atoms with Gasteiger partial charge in [0.05, 0.1) is 11.2 Å². The van der Waals surface area contributed by atoms with E-state index in [4.69, 9.17) is 11.6 Å². The molecule has 0 bridgehead atoms. The minimum absolute atomic E-state index is 0.00768. The van der Waals surface area contributed by atoms with Crippen LogP contribution in [0.15, 0.2) is 60.8 Å². The fourth-order valence-corrected chi connectivity index (χ4v) is 4.16. The smallest absolute Gasteiger partial charge is 0.251 e. The predicted octanol–water partition coefficient (Wildman–Crippen LogP) is 6.13. The van der Waals surface area contributed by atoms with Crippen LogP contribution in [0.3, 0.4) is 0 Å². The molecule has 3 aromatic carbocycles. The summed E-state index contributed by atoms with van der Waals surface area (Å²) in [5, 5.41) is 14.3. The topological polar surface area (TPSA) is 54.9 Å². The molecule has 1 aliphatic rings. The molecular weight excluding hydrogens is 406 g/mol. The van der Waals surface area contributed by atoms with E-state index in [9.17, 15) is 4.79 Å². The second kappa shape index (κ2) is 7.78. The second-order valence-corrected chi connectivity index (χ2v) is 8.66. The van der Waals surface area contributed by atoms with Gasteiger partial charge in [0.15, 0.2) is 0 Å². The van der Waals surface area contributed by atoms with Crippen LogP contribution in [0.1, 0.15) is 34.3 Å². The van der Waals surface area contributed by atoms with Crippen LogP contribution in [0.25, 0.3) is 33.2 Å². The molecule has 5 rings (SSSR count). The van der Waals surface area contributed by atoms with Gasteiger partial charge in [-0.1, -0.05) is 41.9 Å². The third-order valence-corrected chi connectivity index (χ3v) is 6.08. The highest BCUT2D eigenvalue weighted by atomic mass is 35.5. The molecular formula is C26H22ClN3O. The number of carbonyl (C=O) groups is 1. The molecule has 1 heterocycles. The molecule has 0 radical (unpaired) electrons. The predicted molar refractivity (Wildman–Crippen MR) is 125 cm³/mol. The second-order valence-electron chi connectivity index (χ2n) is 8.26. The van der Waals surface area contributed by atoms with Crippen molar-refractivity contribution in [2.45, 2.75) is 32.7 Å². The fourth-order valence-electron chi connectivity index (χ4n) is 3.84. The molecule has 1 aliphatic carbocycles. The van der Waals surface area contributed by atoms with Crippen molar-refractivity contribution in [2.75, 3.05) is 0 Å². The third-order valence-electron chi connectivity index (χ3n) is 5.76. The van der Waals surface area contributed by atoms with E-state index in [0.717, 1.165) is 57.1 Å². The summed E-state index contributed by atoms with van der Waals surface area (Å²) < 4.78 is 0. The van der Waals surface area contributed by atoms with E-state index in [0.29, 0.717) is 16.6 Å². The Morgan fingerprint density at radius 1 is 1.00 bits per heavy atom. The molecule has 4 nitrogen and oxygen atoms in total. The summed E-state index contributed by atoms with van der Waals surface area (Å²) in [6.45, 7) is 4.07. The van der Waals surface area contributed by atoms with E-state index in [-0.39, 0.29) is 5.91 Å². The quantitative estimate of drug-likeness (QED) is 0.426. The Hall–Kier alpha value is -3.24. The average molecular weight is 428 g/mol. The highest BCUT2D eigenvalue weighted by molar-refractivity contribution is 6.33. The van der Waals surface area contributed by atoms with Crippen LogP contribution in [0, 0.1) is 13.8 Å². The number of halogens is 1. The maximum atomic E-state index is 12.5. The first-order chi connectivity index (χ1) is 15.0. The normalized spacial score (nSPS) is 13.4. The van der Waals surface area contributed by atoms with Crippen LogP contribution in [-0.4, -0.2) is 22.1 Å². The molecule has 1 aromatic heterocycles. The van der Waals surface area contributed by atoms with Gasteiger partial charge in [-0.3, -0.25) is 4.79 Å². The largest absolute Gasteiger partial charge is 0.349 e. The number of benzene rings is 3. The van der Waals surface area contributed by atoms with Crippen LogP contribution in [0.5, 0.6) is 0 Å².